The van der Waals surface area contributed by atoms with Crippen LogP contribution >= 0.6 is 11.3 Å². The molecule has 0 fully saturated rings. The molecule has 1 aliphatic carbocycles. The summed E-state index contributed by atoms with van der Waals surface area (Å²) in [6.45, 7) is 1.92. The summed E-state index contributed by atoms with van der Waals surface area (Å²) in [6.07, 6.45) is 3.19. The number of thiophene rings is 1. The van der Waals surface area contributed by atoms with Crippen molar-refractivity contribution in [1.82, 2.24) is 0 Å². The van der Waals surface area contributed by atoms with Crippen molar-refractivity contribution < 1.29 is 19.1 Å². The number of benzene rings is 1. The van der Waals surface area contributed by atoms with Crippen molar-refractivity contribution in [3.8, 4) is 5.75 Å². The molecule has 1 heterocycles. The van der Waals surface area contributed by atoms with Gasteiger partial charge in [-0.25, -0.2) is 4.79 Å². The Morgan fingerprint density at radius 1 is 1.28 bits per heavy atom. The maximum atomic E-state index is 12.2. The molecular weight excluding hydrogens is 338 g/mol. The van der Waals surface area contributed by atoms with E-state index in [-0.39, 0.29) is 12.5 Å². The van der Waals surface area contributed by atoms with Crippen LogP contribution < -0.4 is 10.1 Å². The van der Waals surface area contributed by atoms with Gasteiger partial charge in [-0.3, -0.25) is 4.79 Å². The molecule has 25 heavy (non-hydrogen) atoms. The van der Waals surface area contributed by atoms with E-state index in [1.807, 2.05) is 6.07 Å². The van der Waals surface area contributed by atoms with Gasteiger partial charge in [0, 0.05) is 10.6 Å². The standard InChI is InChI=1S/C19H21NO4S/c1-12-3-8-16-13(9-12)10-17(25-16)19(22)24-11-18(21)20-14-4-6-15(23-2)7-5-14/h4-7,10,12H,3,8-9,11H2,1-2H3,(H,20,21). The Labute approximate surface area is 151 Å². The molecule has 6 heteroatoms. The summed E-state index contributed by atoms with van der Waals surface area (Å²) < 4.78 is 10.2. The number of methoxy groups -OCH3 is 1. The second-order valence-corrected chi connectivity index (χ2v) is 7.40. The molecule has 0 aliphatic heterocycles. The molecule has 0 bridgehead atoms. The highest BCUT2D eigenvalue weighted by Gasteiger charge is 2.21. The summed E-state index contributed by atoms with van der Waals surface area (Å²) in [6, 6.07) is 8.87. The van der Waals surface area contributed by atoms with Gasteiger partial charge in [-0.2, -0.15) is 0 Å². The lowest BCUT2D eigenvalue weighted by Gasteiger charge is -2.16. The van der Waals surface area contributed by atoms with Gasteiger partial charge in [-0.1, -0.05) is 6.92 Å². The number of esters is 1. The molecule has 1 unspecified atom stereocenters. The molecule has 1 N–H and O–H groups in total. The molecule has 2 aromatic rings. The van der Waals surface area contributed by atoms with Crippen molar-refractivity contribution in [2.75, 3.05) is 19.0 Å². The van der Waals surface area contributed by atoms with Gasteiger partial charge in [-0.05, 0) is 61.1 Å². The van der Waals surface area contributed by atoms with E-state index in [0.717, 1.165) is 19.3 Å². The van der Waals surface area contributed by atoms with Crippen LogP contribution in [0.25, 0.3) is 0 Å². The number of hydrogen-bond acceptors (Lipinski definition) is 5. The van der Waals surface area contributed by atoms with Crippen molar-refractivity contribution >= 4 is 28.9 Å². The largest absolute Gasteiger partial charge is 0.497 e. The lowest BCUT2D eigenvalue weighted by molar-refractivity contribution is -0.119. The van der Waals surface area contributed by atoms with Crippen LogP contribution in [0.3, 0.4) is 0 Å². The topological polar surface area (TPSA) is 64.6 Å². The monoisotopic (exact) mass is 359 g/mol. The predicted molar refractivity (Wildman–Crippen MR) is 97.4 cm³/mol. The second-order valence-electron chi connectivity index (χ2n) is 6.26. The Bertz CT molecular complexity index is 766. The van der Waals surface area contributed by atoms with Gasteiger partial charge < -0.3 is 14.8 Å². The van der Waals surface area contributed by atoms with Crippen molar-refractivity contribution in [3.05, 3.63) is 45.6 Å². The first-order chi connectivity index (χ1) is 12.0. The zero-order valence-corrected chi connectivity index (χ0v) is 15.2. The molecule has 1 amide bonds. The van der Waals surface area contributed by atoms with Crippen LogP contribution in [-0.2, 0) is 22.4 Å². The van der Waals surface area contributed by atoms with Crippen LogP contribution in [0.15, 0.2) is 30.3 Å². The minimum absolute atomic E-state index is 0.302. The van der Waals surface area contributed by atoms with E-state index in [9.17, 15) is 9.59 Å². The van der Waals surface area contributed by atoms with Gasteiger partial charge in [0.15, 0.2) is 6.61 Å². The molecule has 1 aromatic heterocycles. The van der Waals surface area contributed by atoms with Crippen molar-refractivity contribution in [2.24, 2.45) is 5.92 Å². The average molecular weight is 359 g/mol. The number of nitrogens with one attached hydrogen (secondary N) is 1. The molecule has 0 radical (unpaired) electrons. The van der Waals surface area contributed by atoms with Crippen LogP contribution in [0.5, 0.6) is 5.75 Å². The third-order valence-corrected chi connectivity index (χ3v) is 5.46. The zero-order valence-electron chi connectivity index (χ0n) is 14.3. The zero-order chi connectivity index (χ0) is 17.8. The van der Waals surface area contributed by atoms with E-state index in [1.165, 1.54) is 21.8 Å². The van der Waals surface area contributed by atoms with Crippen LogP contribution in [0, 0.1) is 5.92 Å². The Hall–Kier alpha value is -2.34. The Kier molecular flexibility index (Phi) is 5.38. The number of carbonyl (C=O) groups is 2. The molecule has 1 aromatic carbocycles. The number of hydrogen-bond donors (Lipinski definition) is 1. The summed E-state index contributed by atoms with van der Waals surface area (Å²) >= 11 is 1.49. The molecule has 1 atom stereocenters. The van der Waals surface area contributed by atoms with Crippen LogP contribution in [0.4, 0.5) is 5.69 Å². The maximum absolute atomic E-state index is 12.2. The molecular formula is C19H21NO4S. The third kappa shape index (κ3) is 4.39. The van der Waals surface area contributed by atoms with Crippen LogP contribution in [0.1, 0.15) is 33.5 Å². The molecule has 0 spiro atoms. The van der Waals surface area contributed by atoms with E-state index < -0.39 is 5.97 Å². The fourth-order valence-electron chi connectivity index (χ4n) is 2.88. The van der Waals surface area contributed by atoms with Crippen molar-refractivity contribution in [1.29, 1.82) is 0 Å². The van der Waals surface area contributed by atoms with Crippen LogP contribution in [-0.4, -0.2) is 25.6 Å². The molecule has 1 aliphatic rings. The molecule has 5 nitrogen and oxygen atoms in total. The van der Waals surface area contributed by atoms with E-state index in [0.29, 0.717) is 22.2 Å². The molecule has 0 saturated carbocycles. The molecule has 0 saturated heterocycles. The number of fused-ring (bicyclic) bond motifs is 1. The highest BCUT2D eigenvalue weighted by atomic mass is 32.1. The van der Waals surface area contributed by atoms with Gasteiger partial charge in [-0.15, -0.1) is 11.3 Å². The smallest absolute Gasteiger partial charge is 0.348 e. The fourth-order valence-corrected chi connectivity index (χ4v) is 3.98. The first-order valence-corrected chi connectivity index (χ1v) is 9.09. The number of anilines is 1. The number of rotatable bonds is 5. The minimum atomic E-state index is -0.433. The van der Waals surface area contributed by atoms with Crippen molar-refractivity contribution in [3.63, 3.8) is 0 Å². The normalized spacial score (nSPS) is 16.0. The van der Waals surface area contributed by atoms with Gasteiger partial charge in [0.1, 0.15) is 10.6 Å². The number of ether oxygens (including phenoxy) is 2. The summed E-state index contributed by atoms with van der Waals surface area (Å²) in [5.74, 6) is 0.562. The number of amides is 1. The summed E-state index contributed by atoms with van der Waals surface area (Å²) in [4.78, 5) is 26.0. The molecule has 132 valence electrons. The fraction of sp³-hybridized carbons (Fsp3) is 0.368. The summed E-state index contributed by atoms with van der Waals surface area (Å²) in [5, 5.41) is 2.69. The second kappa shape index (κ2) is 7.70. The summed E-state index contributed by atoms with van der Waals surface area (Å²) in [5.41, 5.74) is 1.88. The Morgan fingerprint density at radius 2 is 2.04 bits per heavy atom. The number of aryl methyl sites for hydroxylation is 1. The van der Waals surface area contributed by atoms with Gasteiger partial charge in [0.25, 0.3) is 5.91 Å². The van der Waals surface area contributed by atoms with Gasteiger partial charge >= 0.3 is 5.97 Å². The third-order valence-electron chi connectivity index (χ3n) is 4.24. The lowest BCUT2D eigenvalue weighted by Crippen LogP contribution is -2.20. The first-order valence-electron chi connectivity index (χ1n) is 8.27. The quantitative estimate of drug-likeness (QED) is 0.827. The van der Waals surface area contributed by atoms with Gasteiger partial charge in [0.2, 0.25) is 0 Å². The van der Waals surface area contributed by atoms with E-state index in [4.69, 9.17) is 9.47 Å². The predicted octanol–water partition coefficient (Wildman–Crippen LogP) is 3.68. The highest BCUT2D eigenvalue weighted by Crippen LogP contribution is 2.32. The van der Waals surface area contributed by atoms with Gasteiger partial charge in [0.05, 0.1) is 7.11 Å². The number of carbonyl (C=O) groups excluding carboxylic acids is 2. The van der Waals surface area contributed by atoms with Crippen molar-refractivity contribution in [2.45, 2.75) is 26.2 Å². The highest BCUT2D eigenvalue weighted by molar-refractivity contribution is 7.14. The Morgan fingerprint density at radius 3 is 2.76 bits per heavy atom. The maximum Gasteiger partial charge on any atom is 0.348 e. The van der Waals surface area contributed by atoms with E-state index in [2.05, 4.69) is 12.2 Å². The average Bonchev–Trinajstić information content (AvgIpc) is 3.03. The minimum Gasteiger partial charge on any atom is -0.497 e. The summed E-state index contributed by atoms with van der Waals surface area (Å²) in [7, 11) is 1.58. The lowest BCUT2D eigenvalue weighted by atomic mass is 9.90. The SMILES string of the molecule is COc1ccc(NC(=O)COC(=O)c2cc3c(s2)CCC(C)C3)cc1. The van der Waals surface area contributed by atoms with E-state index in [1.54, 1.807) is 31.4 Å². The van der Waals surface area contributed by atoms with Crippen LogP contribution in [0.2, 0.25) is 0 Å². The molecule has 3 rings (SSSR count). The first kappa shape index (κ1) is 17.5. The van der Waals surface area contributed by atoms with E-state index >= 15 is 0 Å². The Balaban J connectivity index is 1.52.